The minimum atomic E-state index is -1.65. The summed E-state index contributed by atoms with van der Waals surface area (Å²) >= 11 is 32.0. The Hall–Kier alpha value is -6.43. The van der Waals surface area contributed by atoms with Gasteiger partial charge in [-0.05, 0) is 87.9 Å². The highest BCUT2D eigenvalue weighted by atomic mass is 35.5. The number of benzene rings is 5. The summed E-state index contributed by atoms with van der Waals surface area (Å²) in [6.07, 6.45) is 0. The Bertz CT molecular complexity index is 2820. The molecule has 4 unspecified atom stereocenters. The Morgan fingerprint density at radius 3 is 1.40 bits per heavy atom. The summed E-state index contributed by atoms with van der Waals surface area (Å²) in [4.78, 5) is 78.9. The van der Waals surface area contributed by atoms with Gasteiger partial charge in [-0.1, -0.05) is 59.6 Å². The number of nitrogens with zero attached hydrogens (tertiary/aromatic N) is 4. The highest BCUT2D eigenvalue weighted by molar-refractivity contribution is 6.37. The predicted octanol–water partition coefficient (Wildman–Crippen LogP) is 12.2. The van der Waals surface area contributed by atoms with Gasteiger partial charge in [0.1, 0.15) is 22.9 Å². The van der Waals surface area contributed by atoms with Gasteiger partial charge < -0.3 is 30.7 Å². The molecular formula is C47H43Cl5N8O8. The Balaban J connectivity index is 1.27. The lowest BCUT2D eigenvalue weighted by molar-refractivity contribution is -0.127. The summed E-state index contributed by atoms with van der Waals surface area (Å²) < 4.78 is 11.0. The molecule has 0 spiro atoms. The van der Waals surface area contributed by atoms with Gasteiger partial charge in [-0.15, -0.1) is 34.8 Å². The van der Waals surface area contributed by atoms with Crippen LogP contribution in [0.25, 0.3) is 0 Å². The van der Waals surface area contributed by atoms with Crippen LogP contribution in [0, 0.1) is 0 Å². The van der Waals surface area contributed by atoms with Gasteiger partial charge in [-0.25, -0.2) is 0 Å². The van der Waals surface area contributed by atoms with Crippen molar-refractivity contribution in [2.24, 2.45) is 20.5 Å². The van der Waals surface area contributed by atoms with E-state index in [1.54, 1.807) is 50.2 Å². The summed E-state index contributed by atoms with van der Waals surface area (Å²) in [5.41, 5.74) is 2.73. The lowest BCUT2D eigenvalue weighted by atomic mass is 10.1. The summed E-state index contributed by atoms with van der Waals surface area (Å²) in [5, 5.41) is 25.7. The molecule has 21 heteroatoms. The van der Waals surface area contributed by atoms with E-state index < -0.39 is 58.0 Å². The molecule has 5 aromatic rings. The number of amides is 4. The van der Waals surface area contributed by atoms with Gasteiger partial charge in [-0.3, -0.25) is 28.8 Å². The van der Waals surface area contributed by atoms with Gasteiger partial charge in [0.2, 0.25) is 12.1 Å². The van der Waals surface area contributed by atoms with E-state index in [2.05, 4.69) is 41.7 Å². The minimum absolute atomic E-state index is 0.000797. The van der Waals surface area contributed by atoms with E-state index in [0.717, 1.165) is 13.8 Å². The number of para-hydroxylation sites is 2. The predicted molar refractivity (Wildman–Crippen MR) is 265 cm³/mol. The van der Waals surface area contributed by atoms with E-state index in [4.69, 9.17) is 67.5 Å². The average Bonchev–Trinajstić information content (AvgIpc) is 3.29. The molecule has 0 saturated heterocycles. The summed E-state index contributed by atoms with van der Waals surface area (Å²) in [7, 11) is 2.90. The molecule has 68 heavy (non-hydrogen) atoms. The van der Waals surface area contributed by atoms with E-state index in [-0.39, 0.29) is 49.8 Å². The van der Waals surface area contributed by atoms with Crippen molar-refractivity contribution in [2.45, 2.75) is 56.4 Å². The fraction of sp³-hybridized carbons (Fsp3) is 0.234. The van der Waals surface area contributed by atoms with Gasteiger partial charge in [0.15, 0.2) is 11.6 Å². The number of halogens is 5. The number of ether oxygens (including phenoxy) is 2. The maximum absolute atomic E-state index is 13.5. The number of ketones is 2. The van der Waals surface area contributed by atoms with Crippen LogP contribution in [-0.4, -0.2) is 61.5 Å². The van der Waals surface area contributed by atoms with Crippen LogP contribution in [0.5, 0.6) is 11.5 Å². The van der Waals surface area contributed by atoms with Crippen molar-refractivity contribution in [3.05, 3.63) is 129 Å². The van der Waals surface area contributed by atoms with Gasteiger partial charge in [-0.2, -0.15) is 20.5 Å². The largest absolute Gasteiger partial charge is 0.494 e. The van der Waals surface area contributed by atoms with Crippen molar-refractivity contribution in [1.82, 2.24) is 0 Å². The molecule has 4 atom stereocenters. The van der Waals surface area contributed by atoms with Gasteiger partial charge in [0.25, 0.3) is 23.6 Å². The first-order valence-corrected chi connectivity index (χ1v) is 22.5. The third-order valence-electron chi connectivity index (χ3n) is 9.90. The van der Waals surface area contributed by atoms with Crippen molar-refractivity contribution in [2.75, 3.05) is 35.5 Å². The third-order valence-corrected chi connectivity index (χ3v) is 11.5. The molecule has 5 rings (SSSR count). The van der Waals surface area contributed by atoms with Crippen molar-refractivity contribution >= 4 is 127 Å². The molecule has 5 aromatic carbocycles. The zero-order valence-corrected chi connectivity index (χ0v) is 40.9. The first-order chi connectivity index (χ1) is 32.4. The first kappa shape index (κ1) is 52.5. The number of azo groups is 2. The van der Waals surface area contributed by atoms with E-state index in [0.29, 0.717) is 39.6 Å². The van der Waals surface area contributed by atoms with Gasteiger partial charge in [0.05, 0.1) is 57.5 Å². The number of carbonyl (C=O) groups excluding carboxylic acids is 6. The van der Waals surface area contributed by atoms with E-state index >= 15 is 0 Å². The van der Waals surface area contributed by atoms with Crippen LogP contribution in [0.2, 0.25) is 10.0 Å². The lowest BCUT2D eigenvalue weighted by Crippen LogP contribution is -2.32. The molecule has 0 aliphatic carbocycles. The average molecular weight is 1030 g/mol. The normalized spacial score (nSPS) is 13.0. The van der Waals surface area contributed by atoms with Crippen LogP contribution < -0.4 is 30.7 Å². The minimum Gasteiger partial charge on any atom is -0.494 e. The van der Waals surface area contributed by atoms with E-state index in [1.807, 2.05) is 0 Å². The maximum Gasteiger partial charge on any atom is 0.258 e. The SMILES string of the molecule is COc1c(NC(=O)c2cccc(N=NC(C(C)=O)C(=O)Nc3ccc(NC(=O)C(N=Nc4cccc(C(=O)Nc5cccc(C(C)Cl)c5OC)c4Cl)C(C)=O)c(CCl)c3)c2Cl)cccc1C(C)Cl. The van der Waals surface area contributed by atoms with E-state index in [9.17, 15) is 28.8 Å². The number of nitrogens with one attached hydrogen (secondary N) is 4. The molecule has 0 bridgehead atoms. The maximum atomic E-state index is 13.5. The van der Waals surface area contributed by atoms with Crippen LogP contribution >= 0.6 is 58.0 Å². The molecule has 0 aromatic heterocycles. The second-order valence-electron chi connectivity index (χ2n) is 14.7. The van der Waals surface area contributed by atoms with Crippen LogP contribution in [0.3, 0.4) is 0 Å². The molecule has 0 aliphatic heterocycles. The number of Topliss-reactive ketones (excluding diaryl/α,β-unsaturated/α-hetero) is 2. The highest BCUT2D eigenvalue weighted by Gasteiger charge is 2.27. The van der Waals surface area contributed by atoms with Crippen molar-refractivity contribution in [1.29, 1.82) is 0 Å². The number of anilines is 4. The molecule has 0 radical (unpaired) electrons. The zero-order chi connectivity index (χ0) is 49.8. The summed E-state index contributed by atoms with van der Waals surface area (Å²) in [6.45, 7) is 5.82. The molecule has 354 valence electrons. The molecule has 0 saturated carbocycles. The van der Waals surface area contributed by atoms with Crippen molar-refractivity contribution < 1.29 is 38.2 Å². The Morgan fingerprint density at radius 2 is 1.00 bits per heavy atom. The topological polar surface area (TPSA) is 218 Å². The molecule has 4 amide bonds. The molecule has 16 nitrogen and oxygen atoms in total. The van der Waals surface area contributed by atoms with Crippen LogP contribution in [-0.2, 0) is 25.1 Å². The smallest absolute Gasteiger partial charge is 0.258 e. The van der Waals surface area contributed by atoms with Crippen LogP contribution in [0.4, 0.5) is 34.1 Å². The molecule has 0 fully saturated rings. The molecule has 0 aliphatic rings. The fourth-order valence-electron chi connectivity index (χ4n) is 6.51. The van der Waals surface area contributed by atoms with Gasteiger partial charge in [0, 0.05) is 28.4 Å². The van der Waals surface area contributed by atoms with Crippen LogP contribution in [0.15, 0.2) is 111 Å². The number of hydrogen-bond acceptors (Lipinski definition) is 12. The third kappa shape index (κ3) is 12.8. The number of methoxy groups -OCH3 is 2. The van der Waals surface area contributed by atoms with Crippen molar-refractivity contribution in [3.8, 4) is 11.5 Å². The fourth-order valence-corrected chi connectivity index (χ4v) is 7.57. The van der Waals surface area contributed by atoms with Crippen molar-refractivity contribution in [3.63, 3.8) is 0 Å². The Labute approximate surface area is 416 Å². The Morgan fingerprint density at radius 1 is 0.574 bits per heavy atom. The van der Waals surface area contributed by atoms with E-state index in [1.165, 1.54) is 68.8 Å². The lowest BCUT2D eigenvalue weighted by Gasteiger charge is -2.16. The monoisotopic (exact) mass is 1020 g/mol. The number of rotatable bonds is 19. The quantitative estimate of drug-likeness (QED) is 0.0353. The number of carbonyl (C=O) groups is 6. The van der Waals surface area contributed by atoms with Crippen LogP contribution in [0.1, 0.15) is 75.9 Å². The second kappa shape index (κ2) is 24.0. The van der Waals surface area contributed by atoms with Gasteiger partial charge >= 0.3 is 0 Å². The first-order valence-electron chi connectivity index (χ1n) is 20.3. The molecule has 4 N–H and O–H groups in total. The standard InChI is InChI=1S/C47H43Cl5N8O8/c1-23(49)29-11-7-17-36(42(29)67-5)55-44(63)31-13-9-15-34(38(31)51)57-59-40(25(3)61)46(65)53-28-19-20-33(27(21-28)22-48)54-47(66)41(26(4)62)60-58-35-16-10-14-32(39(35)52)45(64)56-37-18-8-12-30(24(2)50)43(37)68-6/h7-21,23-24,40-41H,22H2,1-6H3,(H,53,65)(H,54,66)(H,55,63)(H,56,64). The zero-order valence-electron chi connectivity index (χ0n) is 37.1. The molecule has 0 heterocycles. The number of alkyl halides is 3. The number of hydrogen-bond donors (Lipinski definition) is 4. The highest BCUT2D eigenvalue weighted by Crippen LogP contribution is 2.38. The Kier molecular flexibility index (Phi) is 18.6. The molecular weight excluding hydrogens is 982 g/mol. The second-order valence-corrected chi connectivity index (χ2v) is 17.0. The summed E-state index contributed by atoms with van der Waals surface area (Å²) in [6, 6.07) is 20.0. The summed E-state index contributed by atoms with van der Waals surface area (Å²) in [5.74, 6) is -3.68.